The van der Waals surface area contributed by atoms with E-state index in [4.69, 9.17) is 32.4 Å². The maximum atomic E-state index is 12.9. The van der Waals surface area contributed by atoms with E-state index in [1.54, 1.807) is 36.4 Å². The first-order chi connectivity index (χ1) is 14.9. The van der Waals surface area contributed by atoms with Crippen LogP contribution in [0, 0.1) is 0 Å². The van der Waals surface area contributed by atoms with Crippen LogP contribution in [0.2, 0.25) is 10.0 Å². The second-order valence-electron chi connectivity index (χ2n) is 6.57. The van der Waals surface area contributed by atoms with Gasteiger partial charge < -0.3 is 14.5 Å². The molecule has 0 aliphatic rings. The number of amides is 1. The summed E-state index contributed by atoms with van der Waals surface area (Å²) in [6.45, 7) is 1.45. The zero-order valence-electron chi connectivity index (χ0n) is 16.1. The number of esters is 1. The first kappa shape index (κ1) is 20.8. The van der Waals surface area contributed by atoms with Crippen LogP contribution in [-0.4, -0.2) is 27.9 Å². The van der Waals surface area contributed by atoms with E-state index >= 15 is 0 Å². The molecule has 0 saturated carbocycles. The van der Waals surface area contributed by atoms with Gasteiger partial charge in [0.15, 0.2) is 17.7 Å². The molecule has 156 valence electrons. The summed E-state index contributed by atoms with van der Waals surface area (Å²) in [7, 11) is 0. The van der Waals surface area contributed by atoms with E-state index in [-0.39, 0.29) is 16.4 Å². The number of rotatable bonds is 5. The average molecular weight is 456 g/mol. The SMILES string of the molecule is CC(OC(=O)c1cc(-c2ccco2)nc2ccccc12)C(=O)Nc1ncc(Cl)cc1Cl. The zero-order valence-corrected chi connectivity index (χ0v) is 17.6. The Hall–Kier alpha value is -3.42. The molecule has 4 aromatic rings. The molecule has 4 rings (SSSR count). The van der Waals surface area contributed by atoms with Crippen LogP contribution in [0.15, 0.2) is 65.4 Å². The molecule has 7 nitrogen and oxygen atoms in total. The number of carbonyl (C=O) groups excluding carboxylic acids is 2. The van der Waals surface area contributed by atoms with Crippen molar-refractivity contribution >= 4 is 51.8 Å². The van der Waals surface area contributed by atoms with Gasteiger partial charge in [-0.05, 0) is 37.3 Å². The standard InChI is InChI=1S/C22H15Cl2N3O4/c1-12(21(28)27-20-16(24)9-13(23)11-25-20)31-22(29)15-10-18(19-7-4-8-30-19)26-17-6-3-2-5-14(15)17/h2-12H,1H3,(H,25,27,28). The molecule has 3 aromatic heterocycles. The van der Waals surface area contributed by atoms with Gasteiger partial charge in [-0.2, -0.15) is 0 Å². The maximum absolute atomic E-state index is 12.9. The summed E-state index contributed by atoms with van der Waals surface area (Å²) in [6.07, 6.45) is 1.76. The smallest absolute Gasteiger partial charge is 0.339 e. The summed E-state index contributed by atoms with van der Waals surface area (Å²) in [4.78, 5) is 33.9. The van der Waals surface area contributed by atoms with Gasteiger partial charge in [0.2, 0.25) is 0 Å². The molecule has 1 N–H and O–H groups in total. The minimum atomic E-state index is -1.11. The van der Waals surface area contributed by atoms with Crippen LogP contribution in [-0.2, 0) is 9.53 Å². The molecule has 1 amide bonds. The summed E-state index contributed by atoms with van der Waals surface area (Å²) < 4.78 is 10.8. The lowest BCUT2D eigenvalue weighted by Gasteiger charge is -2.15. The number of fused-ring (bicyclic) bond motifs is 1. The Balaban J connectivity index is 1.58. The summed E-state index contributed by atoms with van der Waals surface area (Å²) >= 11 is 11.8. The van der Waals surface area contributed by atoms with Crippen LogP contribution >= 0.6 is 23.2 Å². The molecular formula is C22H15Cl2N3O4. The highest BCUT2D eigenvalue weighted by atomic mass is 35.5. The fourth-order valence-electron chi connectivity index (χ4n) is 2.90. The summed E-state index contributed by atoms with van der Waals surface area (Å²) in [5.74, 6) is -0.638. The molecule has 1 atom stereocenters. The molecule has 1 aromatic carbocycles. The molecule has 0 fully saturated rings. The van der Waals surface area contributed by atoms with Crippen LogP contribution < -0.4 is 5.32 Å². The predicted octanol–water partition coefficient (Wildman–Crippen LogP) is 5.38. The lowest BCUT2D eigenvalue weighted by molar-refractivity contribution is -0.123. The lowest BCUT2D eigenvalue weighted by atomic mass is 10.1. The minimum absolute atomic E-state index is 0.119. The molecule has 0 aliphatic heterocycles. The second kappa shape index (κ2) is 8.75. The second-order valence-corrected chi connectivity index (χ2v) is 7.41. The van der Waals surface area contributed by atoms with E-state index < -0.39 is 18.0 Å². The van der Waals surface area contributed by atoms with Gasteiger partial charge in [-0.25, -0.2) is 14.8 Å². The van der Waals surface area contributed by atoms with Crippen molar-refractivity contribution in [3.8, 4) is 11.5 Å². The first-order valence-corrected chi connectivity index (χ1v) is 9.94. The van der Waals surface area contributed by atoms with Crippen molar-refractivity contribution in [1.29, 1.82) is 0 Å². The molecule has 0 aliphatic carbocycles. The molecule has 31 heavy (non-hydrogen) atoms. The van der Waals surface area contributed by atoms with Crippen molar-refractivity contribution in [2.75, 3.05) is 5.32 Å². The number of nitrogens with one attached hydrogen (secondary N) is 1. The van der Waals surface area contributed by atoms with E-state index in [0.29, 0.717) is 27.4 Å². The number of hydrogen-bond donors (Lipinski definition) is 1. The largest absolute Gasteiger partial charge is 0.463 e. The Morgan fingerprint density at radius 1 is 1.13 bits per heavy atom. The van der Waals surface area contributed by atoms with Crippen LogP contribution in [0.5, 0.6) is 0 Å². The molecule has 0 radical (unpaired) electrons. The Labute approximate surface area is 187 Å². The quantitative estimate of drug-likeness (QED) is 0.405. The highest BCUT2D eigenvalue weighted by molar-refractivity contribution is 6.36. The van der Waals surface area contributed by atoms with Gasteiger partial charge >= 0.3 is 5.97 Å². The van der Waals surface area contributed by atoms with E-state index in [1.165, 1.54) is 25.5 Å². The molecular weight excluding hydrogens is 441 g/mol. The molecule has 9 heteroatoms. The van der Waals surface area contributed by atoms with Crippen LogP contribution in [0.1, 0.15) is 17.3 Å². The van der Waals surface area contributed by atoms with E-state index in [1.807, 2.05) is 6.07 Å². The Morgan fingerprint density at radius 3 is 2.68 bits per heavy atom. The van der Waals surface area contributed by atoms with Crippen molar-refractivity contribution in [2.24, 2.45) is 0 Å². The van der Waals surface area contributed by atoms with Crippen molar-refractivity contribution in [3.63, 3.8) is 0 Å². The summed E-state index contributed by atoms with van der Waals surface area (Å²) in [6, 6.07) is 13.6. The lowest BCUT2D eigenvalue weighted by Crippen LogP contribution is -2.30. The van der Waals surface area contributed by atoms with Crippen LogP contribution in [0.3, 0.4) is 0 Å². The zero-order chi connectivity index (χ0) is 22.0. The Kier molecular flexibility index (Phi) is 5.88. The third-order valence-electron chi connectivity index (χ3n) is 4.41. The highest BCUT2D eigenvalue weighted by Gasteiger charge is 2.23. The number of pyridine rings is 2. The number of hydrogen-bond acceptors (Lipinski definition) is 6. The van der Waals surface area contributed by atoms with Gasteiger partial charge in [-0.1, -0.05) is 41.4 Å². The van der Waals surface area contributed by atoms with E-state index in [2.05, 4.69) is 15.3 Å². The number of nitrogens with zero attached hydrogens (tertiary/aromatic N) is 2. The average Bonchev–Trinajstić information content (AvgIpc) is 3.29. The molecule has 1 unspecified atom stereocenters. The number of furan rings is 1. The number of aromatic nitrogens is 2. The fraction of sp³-hybridized carbons (Fsp3) is 0.0909. The molecule has 0 saturated heterocycles. The van der Waals surface area contributed by atoms with Crippen LogP contribution in [0.4, 0.5) is 5.82 Å². The number of para-hydroxylation sites is 1. The van der Waals surface area contributed by atoms with Gasteiger partial charge in [0, 0.05) is 11.6 Å². The first-order valence-electron chi connectivity index (χ1n) is 9.19. The third-order valence-corrected chi connectivity index (χ3v) is 4.91. The van der Waals surface area contributed by atoms with Gasteiger partial charge in [-0.3, -0.25) is 4.79 Å². The van der Waals surface area contributed by atoms with Gasteiger partial charge in [0.1, 0.15) is 5.69 Å². The summed E-state index contributed by atoms with van der Waals surface area (Å²) in [5.41, 5.74) is 1.34. The van der Waals surface area contributed by atoms with E-state index in [0.717, 1.165) is 0 Å². The predicted molar refractivity (Wildman–Crippen MR) is 117 cm³/mol. The maximum Gasteiger partial charge on any atom is 0.339 e. The highest BCUT2D eigenvalue weighted by Crippen LogP contribution is 2.26. The molecule has 3 heterocycles. The van der Waals surface area contributed by atoms with Crippen molar-refractivity contribution in [2.45, 2.75) is 13.0 Å². The number of ether oxygens (including phenoxy) is 1. The minimum Gasteiger partial charge on any atom is -0.463 e. The summed E-state index contributed by atoms with van der Waals surface area (Å²) in [5, 5.41) is 3.62. The number of benzene rings is 1. The number of carbonyl (C=O) groups is 2. The van der Waals surface area contributed by atoms with Crippen molar-refractivity contribution < 1.29 is 18.7 Å². The van der Waals surface area contributed by atoms with Gasteiger partial charge in [0.05, 0.1) is 27.4 Å². The van der Waals surface area contributed by atoms with Crippen LogP contribution in [0.25, 0.3) is 22.4 Å². The van der Waals surface area contributed by atoms with Crippen molar-refractivity contribution in [1.82, 2.24) is 9.97 Å². The van der Waals surface area contributed by atoms with Gasteiger partial charge in [0.25, 0.3) is 5.91 Å². The monoisotopic (exact) mass is 455 g/mol. The van der Waals surface area contributed by atoms with E-state index in [9.17, 15) is 9.59 Å². The molecule has 0 bridgehead atoms. The number of halogens is 2. The fourth-order valence-corrected chi connectivity index (χ4v) is 3.32. The molecule has 0 spiro atoms. The van der Waals surface area contributed by atoms with Gasteiger partial charge in [-0.15, -0.1) is 0 Å². The van der Waals surface area contributed by atoms with Crippen molar-refractivity contribution in [3.05, 3.63) is 76.6 Å². The Bertz CT molecular complexity index is 1280. The number of anilines is 1. The topological polar surface area (TPSA) is 94.3 Å². The Morgan fingerprint density at radius 2 is 1.94 bits per heavy atom. The third kappa shape index (κ3) is 4.52. The normalized spacial score (nSPS) is 11.8.